The van der Waals surface area contributed by atoms with E-state index >= 15 is 0 Å². The summed E-state index contributed by atoms with van der Waals surface area (Å²) in [5, 5.41) is 0. The number of rotatable bonds is 2. The second kappa shape index (κ2) is 5.84. The molecule has 0 aliphatic carbocycles. The minimum absolute atomic E-state index is 0.0928. The maximum absolute atomic E-state index is 12.2. The summed E-state index contributed by atoms with van der Waals surface area (Å²) in [4.78, 5) is 28.5. The Kier molecular flexibility index (Phi) is 3.61. The molecule has 0 saturated carbocycles. The average Bonchev–Trinajstić information content (AvgIpc) is 3.09. The maximum Gasteiger partial charge on any atom is 0.363 e. The molecule has 1 aliphatic rings. The normalized spacial score (nSPS) is 15.6. The Morgan fingerprint density at radius 1 is 0.962 bits per heavy atom. The smallest absolute Gasteiger partial charge is 0.363 e. The van der Waals surface area contributed by atoms with Crippen molar-refractivity contribution in [3.63, 3.8) is 0 Å². The van der Waals surface area contributed by atoms with Gasteiger partial charge in [0.05, 0.1) is 11.0 Å². The van der Waals surface area contributed by atoms with Crippen LogP contribution >= 0.6 is 0 Å². The second-order valence-corrected chi connectivity index (χ2v) is 6.35. The molecule has 0 amide bonds. The fourth-order valence-corrected chi connectivity index (χ4v) is 3.00. The van der Waals surface area contributed by atoms with Gasteiger partial charge in [0.15, 0.2) is 5.70 Å². The zero-order valence-electron chi connectivity index (χ0n) is 14.7. The summed E-state index contributed by atoms with van der Waals surface area (Å²) < 4.78 is 8.45. The molecule has 1 aliphatic heterocycles. The number of ether oxygens (including phenoxy) is 1. The third kappa shape index (κ3) is 2.56. The van der Waals surface area contributed by atoms with Crippen LogP contribution in [0.3, 0.4) is 0 Å². The van der Waals surface area contributed by atoms with Gasteiger partial charge in [-0.2, -0.15) is 0 Å². The van der Waals surface area contributed by atoms with Gasteiger partial charge in [0, 0.05) is 19.7 Å². The van der Waals surface area contributed by atoms with E-state index in [1.807, 2.05) is 49.4 Å². The van der Waals surface area contributed by atoms with E-state index < -0.39 is 5.97 Å². The molecular weight excluding hydrogens is 330 g/mol. The van der Waals surface area contributed by atoms with Gasteiger partial charge in [0.2, 0.25) is 5.90 Å². The highest BCUT2D eigenvalue weighted by molar-refractivity contribution is 6.12. The van der Waals surface area contributed by atoms with Gasteiger partial charge in [0.1, 0.15) is 0 Å². The second-order valence-electron chi connectivity index (χ2n) is 6.35. The van der Waals surface area contributed by atoms with Crippen molar-refractivity contribution in [2.24, 2.45) is 19.1 Å². The number of hydrogen-bond donors (Lipinski definition) is 0. The number of imidazole rings is 1. The Morgan fingerprint density at radius 2 is 1.65 bits per heavy atom. The van der Waals surface area contributed by atoms with Gasteiger partial charge in [-0.15, -0.1) is 0 Å². The zero-order chi connectivity index (χ0) is 18.4. The van der Waals surface area contributed by atoms with Gasteiger partial charge in [-0.3, -0.25) is 9.13 Å². The first-order chi connectivity index (χ1) is 12.4. The molecule has 0 saturated heterocycles. The highest BCUT2D eigenvalue weighted by Gasteiger charge is 2.24. The maximum atomic E-state index is 12.2. The van der Waals surface area contributed by atoms with Gasteiger partial charge in [0.25, 0.3) is 0 Å². The Balaban J connectivity index is 1.74. The predicted octanol–water partition coefficient (Wildman–Crippen LogP) is 2.53. The van der Waals surface area contributed by atoms with E-state index in [1.165, 1.54) is 0 Å². The molecule has 0 radical (unpaired) electrons. The van der Waals surface area contributed by atoms with Crippen LogP contribution in [0.4, 0.5) is 0 Å². The van der Waals surface area contributed by atoms with Crippen molar-refractivity contribution in [3.8, 4) is 0 Å². The number of carbonyl (C=O) groups is 1. The molecule has 26 heavy (non-hydrogen) atoms. The number of aryl methyl sites for hydroxylation is 3. The van der Waals surface area contributed by atoms with Crippen LogP contribution in [0.1, 0.15) is 16.7 Å². The summed E-state index contributed by atoms with van der Waals surface area (Å²) in [5.74, 6) is -0.183. The lowest BCUT2D eigenvalue weighted by atomic mass is 10.1. The Labute approximate surface area is 149 Å². The van der Waals surface area contributed by atoms with E-state index in [0.29, 0.717) is 5.90 Å². The average molecular weight is 347 g/mol. The number of aliphatic imine (C=N–C) groups is 1. The quantitative estimate of drug-likeness (QED) is 0.528. The third-order valence-electron chi connectivity index (χ3n) is 4.52. The monoisotopic (exact) mass is 347 g/mol. The van der Waals surface area contributed by atoms with E-state index in [4.69, 9.17) is 4.74 Å². The Bertz CT molecular complexity index is 1160. The predicted molar refractivity (Wildman–Crippen MR) is 99.9 cm³/mol. The summed E-state index contributed by atoms with van der Waals surface area (Å²) in [6, 6.07) is 13.2. The molecule has 0 N–H and O–H groups in total. The van der Waals surface area contributed by atoms with Crippen molar-refractivity contribution in [1.82, 2.24) is 9.13 Å². The topological polar surface area (TPSA) is 65.6 Å². The molecule has 2 aromatic carbocycles. The van der Waals surface area contributed by atoms with Crippen LogP contribution in [0.5, 0.6) is 0 Å². The van der Waals surface area contributed by atoms with Crippen molar-refractivity contribution < 1.29 is 9.53 Å². The lowest BCUT2D eigenvalue weighted by Crippen LogP contribution is -2.19. The van der Waals surface area contributed by atoms with E-state index in [0.717, 1.165) is 27.7 Å². The molecule has 0 fully saturated rings. The molecule has 0 unspecified atom stereocenters. The SMILES string of the molecule is Cc1ccc(C2=NC(=Cc3ccc4c(c3)n(C)c(=O)n4C)C(=O)O2)cc1. The van der Waals surface area contributed by atoms with Gasteiger partial charge in [-0.1, -0.05) is 23.8 Å². The van der Waals surface area contributed by atoms with Crippen LogP contribution in [-0.4, -0.2) is 21.0 Å². The summed E-state index contributed by atoms with van der Waals surface area (Å²) in [5.41, 5.74) is 4.42. The highest BCUT2D eigenvalue weighted by Crippen LogP contribution is 2.21. The molecule has 0 atom stereocenters. The minimum Gasteiger partial charge on any atom is -0.402 e. The Morgan fingerprint density at radius 3 is 2.38 bits per heavy atom. The lowest BCUT2D eigenvalue weighted by Gasteiger charge is -1.99. The first-order valence-electron chi connectivity index (χ1n) is 8.19. The number of benzene rings is 2. The van der Waals surface area contributed by atoms with Crippen molar-refractivity contribution in [2.45, 2.75) is 6.92 Å². The number of fused-ring (bicyclic) bond motifs is 1. The minimum atomic E-state index is -0.484. The van der Waals surface area contributed by atoms with Gasteiger partial charge < -0.3 is 4.74 Å². The third-order valence-corrected chi connectivity index (χ3v) is 4.52. The molecule has 130 valence electrons. The van der Waals surface area contributed by atoms with Crippen LogP contribution in [0, 0.1) is 6.92 Å². The number of esters is 1. The molecule has 3 aromatic rings. The molecular formula is C20H17N3O3. The summed E-state index contributed by atoms with van der Waals surface area (Å²) in [7, 11) is 3.45. The molecule has 0 spiro atoms. The van der Waals surface area contributed by atoms with Crippen LogP contribution in [-0.2, 0) is 23.6 Å². The van der Waals surface area contributed by atoms with Crippen molar-refractivity contribution in [2.75, 3.05) is 0 Å². The van der Waals surface area contributed by atoms with E-state index in [9.17, 15) is 9.59 Å². The van der Waals surface area contributed by atoms with Crippen molar-refractivity contribution >= 4 is 29.0 Å². The number of cyclic esters (lactones) is 1. The van der Waals surface area contributed by atoms with E-state index in [1.54, 1.807) is 29.3 Å². The zero-order valence-corrected chi connectivity index (χ0v) is 14.7. The summed E-state index contributed by atoms with van der Waals surface area (Å²) >= 11 is 0. The van der Waals surface area contributed by atoms with Crippen LogP contribution in [0.15, 0.2) is 57.9 Å². The van der Waals surface area contributed by atoms with Crippen LogP contribution in [0.2, 0.25) is 0 Å². The van der Waals surface area contributed by atoms with Gasteiger partial charge in [-0.05, 0) is 42.8 Å². The number of carbonyl (C=O) groups excluding carboxylic acids is 1. The fraction of sp³-hybridized carbons (Fsp3) is 0.150. The van der Waals surface area contributed by atoms with E-state index in [-0.39, 0.29) is 11.4 Å². The van der Waals surface area contributed by atoms with E-state index in [2.05, 4.69) is 4.99 Å². The van der Waals surface area contributed by atoms with Crippen molar-refractivity contribution in [3.05, 3.63) is 75.3 Å². The standard InChI is InChI=1S/C20H17N3O3/c1-12-4-7-14(8-5-12)18-21-15(19(24)26-18)10-13-6-9-16-17(11-13)23(3)20(25)22(16)2/h4-11H,1-3H3. The number of hydrogen-bond acceptors (Lipinski definition) is 4. The molecule has 0 bridgehead atoms. The highest BCUT2D eigenvalue weighted by atomic mass is 16.6. The summed E-state index contributed by atoms with van der Waals surface area (Å²) in [6.45, 7) is 1.99. The lowest BCUT2D eigenvalue weighted by molar-refractivity contribution is -0.129. The van der Waals surface area contributed by atoms with Crippen LogP contribution in [0.25, 0.3) is 17.1 Å². The molecule has 6 heteroatoms. The number of aromatic nitrogens is 2. The fourth-order valence-electron chi connectivity index (χ4n) is 3.00. The molecule has 4 rings (SSSR count). The first-order valence-corrected chi connectivity index (χ1v) is 8.19. The van der Waals surface area contributed by atoms with Gasteiger partial charge in [-0.25, -0.2) is 14.6 Å². The number of nitrogens with zero attached hydrogens (tertiary/aromatic N) is 3. The van der Waals surface area contributed by atoms with Crippen molar-refractivity contribution in [1.29, 1.82) is 0 Å². The largest absolute Gasteiger partial charge is 0.402 e. The Hall–Kier alpha value is -3.41. The van der Waals surface area contributed by atoms with Gasteiger partial charge >= 0.3 is 11.7 Å². The molecule has 6 nitrogen and oxygen atoms in total. The van der Waals surface area contributed by atoms with Crippen LogP contribution < -0.4 is 5.69 Å². The molecule has 2 heterocycles. The summed E-state index contributed by atoms with van der Waals surface area (Å²) in [6.07, 6.45) is 1.67. The first kappa shape index (κ1) is 16.1. The molecule has 1 aromatic heterocycles.